The first-order chi connectivity index (χ1) is 6.75. The van der Waals surface area contributed by atoms with Crippen LogP contribution in [0.3, 0.4) is 0 Å². The van der Waals surface area contributed by atoms with Crippen molar-refractivity contribution in [1.82, 2.24) is 25.2 Å². The number of carboxylic acid groups (broad SMARTS) is 1. The van der Waals surface area contributed by atoms with Crippen molar-refractivity contribution >= 4 is 17.6 Å². The highest BCUT2D eigenvalue weighted by molar-refractivity contribution is 5.66. The minimum absolute atomic E-state index is 0.361. The van der Waals surface area contributed by atoms with Crippen LogP contribution in [0.5, 0.6) is 0 Å². The van der Waals surface area contributed by atoms with E-state index in [9.17, 15) is 4.79 Å². The summed E-state index contributed by atoms with van der Waals surface area (Å²) in [5, 5.41) is 19.6. The van der Waals surface area contributed by atoms with Gasteiger partial charge in [0.25, 0.3) is 0 Å². The number of amides is 1. The van der Waals surface area contributed by atoms with Gasteiger partial charge in [-0.05, 0) is 12.1 Å². The first kappa shape index (κ1) is 8.23. The van der Waals surface area contributed by atoms with Crippen LogP contribution in [0.2, 0.25) is 0 Å². The van der Waals surface area contributed by atoms with Crippen LogP contribution in [0, 0.1) is 0 Å². The molecule has 0 spiro atoms. The summed E-state index contributed by atoms with van der Waals surface area (Å²) in [7, 11) is 0. The van der Waals surface area contributed by atoms with Gasteiger partial charge in [0, 0.05) is 0 Å². The van der Waals surface area contributed by atoms with Gasteiger partial charge in [-0.3, -0.25) is 5.43 Å². The number of hydrazine groups is 1. The van der Waals surface area contributed by atoms with Gasteiger partial charge < -0.3 is 5.11 Å². The Morgan fingerprint density at radius 3 is 3.14 bits per heavy atom. The molecule has 0 fully saturated rings. The molecule has 0 unspecified atom stereocenters. The van der Waals surface area contributed by atoms with E-state index in [1.807, 2.05) is 5.43 Å². The van der Waals surface area contributed by atoms with E-state index < -0.39 is 6.09 Å². The molecule has 0 saturated heterocycles. The molecule has 8 heteroatoms. The Balaban J connectivity index is 2.21. The van der Waals surface area contributed by atoms with Crippen molar-refractivity contribution in [1.29, 1.82) is 0 Å². The molecule has 0 saturated carbocycles. The van der Waals surface area contributed by atoms with E-state index in [1.54, 1.807) is 12.1 Å². The monoisotopic (exact) mass is 194 g/mol. The summed E-state index contributed by atoms with van der Waals surface area (Å²) in [6.45, 7) is 0. The molecule has 14 heavy (non-hydrogen) atoms. The maximum Gasteiger partial charge on any atom is 0.423 e. The summed E-state index contributed by atoms with van der Waals surface area (Å²) < 4.78 is 1.42. The fourth-order valence-corrected chi connectivity index (χ4v) is 0.913. The van der Waals surface area contributed by atoms with Crippen LogP contribution < -0.4 is 10.9 Å². The minimum atomic E-state index is -1.18. The molecule has 8 nitrogen and oxygen atoms in total. The van der Waals surface area contributed by atoms with Gasteiger partial charge in [0.2, 0.25) is 0 Å². The first-order valence-electron chi connectivity index (χ1n) is 3.68. The normalized spacial score (nSPS) is 10.0. The molecule has 1 amide bonds. The minimum Gasteiger partial charge on any atom is -0.464 e. The second-order valence-corrected chi connectivity index (χ2v) is 2.41. The highest BCUT2D eigenvalue weighted by atomic mass is 16.4. The average Bonchev–Trinajstić information content (AvgIpc) is 2.61. The van der Waals surface area contributed by atoms with Gasteiger partial charge in [-0.1, -0.05) is 0 Å². The molecule has 3 N–H and O–H groups in total. The van der Waals surface area contributed by atoms with Crippen LogP contribution in [0.15, 0.2) is 18.5 Å². The van der Waals surface area contributed by atoms with Gasteiger partial charge in [0.1, 0.15) is 6.33 Å². The highest BCUT2D eigenvalue weighted by Gasteiger charge is 1.99. The second-order valence-electron chi connectivity index (χ2n) is 2.41. The summed E-state index contributed by atoms with van der Waals surface area (Å²) >= 11 is 0. The molecule has 0 aliphatic carbocycles. The smallest absolute Gasteiger partial charge is 0.423 e. The second kappa shape index (κ2) is 3.17. The van der Waals surface area contributed by atoms with Crippen LogP contribution in [-0.4, -0.2) is 31.0 Å². The molecule has 72 valence electrons. The molecule has 0 radical (unpaired) electrons. The number of aromatic nitrogens is 4. The maximum absolute atomic E-state index is 10.2. The molecule has 0 aromatic carbocycles. The van der Waals surface area contributed by atoms with Crippen LogP contribution in [0.25, 0.3) is 5.65 Å². The van der Waals surface area contributed by atoms with E-state index in [4.69, 9.17) is 5.11 Å². The van der Waals surface area contributed by atoms with Crippen molar-refractivity contribution in [2.24, 2.45) is 0 Å². The molecule has 2 rings (SSSR count). The van der Waals surface area contributed by atoms with Gasteiger partial charge in [-0.2, -0.15) is 4.52 Å². The van der Waals surface area contributed by atoms with Crippen molar-refractivity contribution in [2.75, 3.05) is 5.43 Å². The zero-order valence-corrected chi connectivity index (χ0v) is 6.88. The Morgan fingerprint density at radius 2 is 2.36 bits per heavy atom. The summed E-state index contributed by atoms with van der Waals surface area (Å²) in [4.78, 5) is 10.2. The first-order valence-corrected chi connectivity index (χ1v) is 3.68. The predicted molar refractivity (Wildman–Crippen MR) is 45.6 cm³/mol. The number of anilines is 1. The lowest BCUT2D eigenvalue weighted by Gasteiger charge is -2.03. The number of nitrogens with one attached hydrogen (secondary N) is 2. The third kappa shape index (κ3) is 1.53. The van der Waals surface area contributed by atoms with Crippen molar-refractivity contribution in [3.63, 3.8) is 0 Å². The van der Waals surface area contributed by atoms with Crippen LogP contribution >= 0.6 is 0 Å². The topological polar surface area (TPSA) is 104 Å². The quantitative estimate of drug-likeness (QED) is 0.568. The molecule has 0 aliphatic heterocycles. The summed E-state index contributed by atoms with van der Waals surface area (Å²) in [5.41, 5.74) is 4.95. The Labute approximate surface area is 77.5 Å². The van der Waals surface area contributed by atoms with Crippen LogP contribution in [0.4, 0.5) is 10.6 Å². The third-order valence-electron chi connectivity index (χ3n) is 1.46. The molecule has 2 aromatic rings. The van der Waals surface area contributed by atoms with Crippen molar-refractivity contribution < 1.29 is 9.90 Å². The van der Waals surface area contributed by atoms with Gasteiger partial charge >= 0.3 is 6.09 Å². The molecule has 0 bridgehead atoms. The Hall–Kier alpha value is -2.38. The number of hydrogen-bond donors (Lipinski definition) is 3. The fourth-order valence-electron chi connectivity index (χ4n) is 0.913. The lowest BCUT2D eigenvalue weighted by molar-refractivity contribution is 0.197. The number of rotatable bonds is 2. The van der Waals surface area contributed by atoms with Gasteiger partial charge in [-0.15, -0.1) is 15.3 Å². The SMILES string of the molecule is O=C(O)NNc1ccc2nncn2n1. The molecule has 0 atom stereocenters. The van der Waals surface area contributed by atoms with Gasteiger partial charge in [0.15, 0.2) is 11.5 Å². The van der Waals surface area contributed by atoms with Crippen LogP contribution in [-0.2, 0) is 0 Å². The number of nitrogens with zero attached hydrogens (tertiary/aromatic N) is 4. The third-order valence-corrected chi connectivity index (χ3v) is 1.46. The molecule has 0 aliphatic rings. The Morgan fingerprint density at radius 1 is 1.50 bits per heavy atom. The molecular weight excluding hydrogens is 188 g/mol. The standard InChI is InChI=1S/C6H6N6O2/c13-6(14)10-8-4-1-2-5-9-7-3-12(5)11-4/h1-3,10H,(H,8,11)(H,13,14). The highest BCUT2D eigenvalue weighted by Crippen LogP contribution is 2.02. The summed E-state index contributed by atoms with van der Waals surface area (Å²) in [6.07, 6.45) is 0.233. The van der Waals surface area contributed by atoms with Crippen LogP contribution in [0.1, 0.15) is 0 Å². The molecular formula is C6H6N6O2. The van der Waals surface area contributed by atoms with Gasteiger partial charge in [-0.25, -0.2) is 10.2 Å². The number of fused-ring (bicyclic) bond motifs is 1. The number of carbonyl (C=O) groups is 1. The van der Waals surface area contributed by atoms with E-state index in [0.29, 0.717) is 11.5 Å². The molecule has 2 heterocycles. The van der Waals surface area contributed by atoms with E-state index in [0.717, 1.165) is 0 Å². The van der Waals surface area contributed by atoms with E-state index in [-0.39, 0.29) is 0 Å². The Bertz CT molecular complexity index is 466. The zero-order chi connectivity index (χ0) is 9.97. The lowest BCUT2D eigenvalue weighted by Crippen LogP contribution is -2.28. The molecule has 2 aromatic heterocycles. The van der Waals surface area contributed by atoms with Crippen molar-refractivity contribution in [2.45, 2.75) is 0 Å². The van der Waals surface area contributed by atoms with Crippen molar-refractivity contribution in [3.8, 4) is 0 Å². The van der Waals surface area contributed by atoms with E-state index in [2.05, 4.69) is 20.7 Å². The van der Waals surface area contributed by atoms with Gasteiger partial charge in [0.05, 0.1) is 0 Å². The fraction of sp³-hybridized carbons (Fsp3) is 0. The predicted octanol–water partition coefficient (Wildman–Crippen LogP) is -0.281. The average molecular weight is 194 g/mol. The van der Waals surface area contributed by atoms with E-state index >= 15 is 0 Å². The largest absolute Gasteiger partial charge is 0.464 e. The summed E-state index contributed by atoms with van der Waals surface area (Å²) in [6, 6.07) is 3.24. The summed E-state index contributed by atoms with van der Waals surface area (Å²) in [5.74, 6) is 0.361. The number of hydrogen-bond acceptors (Lipinski definition) is 5. The Kier molecular flexibility index (Phi) is 1.86. The lowest BCUT2D eigenvalue weighted by atomic mass is 10.5. The zero-order valence-electron chi connectivity index (χ0n) is 6.88. The van der Waals surface area contributed by atoms with Crippen molar-refractivity contribution in [3.05, 3.63) is 18.5 Å². The maximum atomic E-state index is 10.2. The van der Waals surface area contributed by atoms with E-state index in [1.165, 1.54) is 10.8 Å².